The van der Waals surface area contributed by atoms with Crippen LogP contribution < -0.4 is 5.32 Å². The van der Waals surface area contributed by atoms with E-state index in [9.17, 15) is 4.79 Å². The van der Waals surface area contributed by atoms with Crippen LogP contribution in [0.25, 0.3) is 0 Å². The molecule has 1 aliphatic carbocycles. The van der Waals surface area contributed by atoms with Crippen LogP contribution in [0.15, 0.2) is 18.5 Å². The highest BCUT2D eigenvalue weighted by atomic mass is 16.2. The minimum atomic E-state index is -0.0365. The van der Waals surface area contributed by atoms with Gasteiger partial charge in [-0.05, 0) is 25.8 Å². The summed E-state index contributed by atoms with van der Waals surface area (Å²) in [4.78, 5) is 23.1. The van der Waals surface area contributed by atoms with Crippen molar-refractivity contribution in [2.24, 2.45) is 7.05 Å². The molecule has 0 aromatic carbocycles. The van der Waals surface area contributed by atoms with Crippen LogP contribution >= 0.6 is 0 Å². The summed E-state index contributed by atoms with van der Waals surface area (Å²) in [6, 6.07) is 1.82. The largest absolute Gasteiger partial charge is 0.364 e. The molecule has 2 aromatic rings. The fourth-order valence-electron chi connectivity index (χ4n) is 3.41. The van der Waals surface area contributed by atoms with Crippen molar-refractivity contribution in [2.75, 3.05) is 12.4 Å². The normalized spacial score (nSPS) is 23.8. The minimum Gasteiger partial charge on any atom is -0.364 e. The van der Waals surface area contributed by atoms with Gasteiger partial charge in [-0.25, -0.2) is 9.97 Å². The Balaban J connectivity index is 1.62. The van der Waals surface area contributed by atoms with Crippen LogP contribution in [0.1, 0.15) is 48.3 Å². The Morgan fingerprint density at radius 3 is 2.75 bits per heavy atom. The number of nitrogens with zero attached hydrogens (tertiary/aromatic N) is 5. The van der Waals surface area contributed by atoms with Gasteiger partial charge < -0.3 is 10.2 Å². The summed E-state index contributed by atoms with van der Waals surface area (Å²) in [6.45, 7) is 2.03. The number of aryl methyl sites for hydroxylation is 1. The second kappa shape index (κ2) is 5.58. The Morgan fingerprint density at radius 1 is 1.29 bits per heavy atom. The molecule has 1 N–H and O–H groups in total. The first-order chi connectivity index (χ1) is 11.5. The smallest absolute Gasteiger partial charge is 0.225 e. The molecular weight excluding hydrogens is 304 g/mol. The number of likely N-dealkylation sites (tertiary alicyclic amines) is 1. The van der Waals surface area contributed by atoms with Crippen molar-refractivity contribution in [2.45, 2.75) is 44.2 Å². The maximum Gasteiger partial charge on any atom is 0.225 e. The standard InChI is InChI=1S/C17H22N6O/c1-10-12(9-19-23(10)3)16-13(8-15(24)22(16)2)20-14-6-7-18-17(21-14)11-4-5-11/h6-7,9,11,13,16H,4-5,8H2,1-3H3,(H,18,20,21)/t13-,16+/m1/s1. The number of rotatable bonds is 4. The molecule has 1 saturated carbocycles. The van der Waals surface area contributed by atoms with Crippen molar-refractivity contribution in [3.05, 3.63) is 35.5 Å². The zero-order valence-corrected chi connectivity index (χ0v) is 14.2. The van der Waals surface area contributed by atoms with Crippen molar-refractivity contribution >= 4 is 11.7 Å². The molecule has 3 heterocycles. The van der Waals surface area contributed by atoms with Crippen LogP contribution in [0.3, 0.4) is 0 Å². The molecule has 0 radical (unpaired) electrons. The van der Waals surface area contributed by atoms with Gasteiger partial charge in [-0.2, -0.15) is 5.10 Å². The van der Waals surface area contributed by atoms with Gasteiger partial charge in [0, 0.05) is 43.9 Å². The Kier molecular flexibility index (Phi) is 3.51. The quantitative estimate of drug-likeness (QED) is 0.927. The summed E-state index contributed by atoms with van der Waals surface area (Å²) in [5, 5.41) is 7.79. The van der Waals surface area contributed by atoms with Crippen molar-refractivity contribution < 1.29 is 4.79 Å². The monoisotopic (exact) mass is 326 g/mol. The average Bonchev–Trinajstić information content (AvgIpc) is 3.32. The highest BCUT2D eigenvalue weighted by Crippen LogP contribution is 2.39. The van der Waals surface area contributed by atoms with E-state index in [0.29, 0.717) is 12.3 Å². The molecule has 126 valence electrons. The summed E-state index contributed by atoms with van der Waals surface area (Å²) in [5.74, 6) is 2.35. The third-order valence-corrected chi connectivity index (χ3v) is 5.13. The molecule has 1 saturated heterocycles. The van der Waals surface area contributed by atoms with E-state index in [-0.39, 0.29) is 18.0 Å². The van der Waals surface area contributed by atoms with Crippen LogP contribution in [0.4, 0.5) is 5.82 Å². The fourth-order valence-corrected chi connectivity index (χ4v) is 3.41. The fraction of sp³-hybridized carbons (Fsp3) is 0.529. The Labute approximate surface area is 141 Å². The summed E-state index contributed by atoms with van der Waals surface area (Å²) in [6.07, 6.45) is 6.46. The van der Waals surface area contributed by atoms with Crippen molar-refractivity contribution in [3.8, 4) is 0 Å². The highest BCUT2D eigenvalue weighted by molar-refractivity contribution is 5.81. The zero-order chi connectivity index (χ0) is 16.8. The van der Waals surface area contributed by atoms with E-state index in [2.05, 4.69) is 20.4 Å². The molecule has 7 nitrogen and oxygen atoms in total. The molecule has 1 aliphatic heterocycles. The first-order valence-electron chi connectivity index (χ1n) is 8.38. The number of hydrogen-bond acceptors (Lipinski definition) is 5. The van der Waals surface area contributed by atoms with Crippen molar-refractivity contribution in [3.63, 3.8) is 0 Å². The molecule has 0 spiro atoms. The van der Waals surface area contributed by atoms with Crippen LogP contribution in [-0.4, -0.2) is 43.6 Å². The molecule has 7 heteroatoms. The van der Waals surface area contributed by atoms with Gasteiger partial charge in [-0.3, -0.25) is 9.48 Å². The maximum atomic E-state index is 12.3. The lowest BCUT2D eigenvalue weighted by Crippen LogP contribution is -2.30. The number of amides is 1. The van der Waals surface area contributed by atoms with Gasteiger partial charge in [0.25, 0.3) is 0 Å². The molecule has 1 amide bonds. The molecule has 2 fully saturated rings. The van der Waals surface area contributed by atoms with E-state index < -0.39 is 0 Å². The Bertz CT molecular complexity index is 781. The van der Waals surface area contributed by atoms with Gasteiger partial charge in [0.15, 0.2) is 0 Å². The first-order valence-corrected chi connectivity index (χ1v) is 8.38. The lowest BCUT2D eigenvalue weighted by atomic mass is 10.0. The zero-order valence-electron chi connectivity index (χ0n) is 14.2. The van der Waals surface area contributed by atoms with Crippen LogP contribution in [-0.2, 0) is 11.8 Å². The number of carbonyl (C=O) groups excluding carboxylic acids is 1. The molecular formula is C17H22N6O. The summed E-state index contributed by atoms with van der Waals surface area (Å²) < 4.78 is 1.85. The third-order valence-electron chi connectivity index (χ3n) is 5.13. The van der Waals surface area contributed by atoms with Gasteiger partial charge in [-0.15, -0.1) is 0 Å². The Hall–Kier alpha value is -2.44. The molecule has 0 unspecified atom stereocenters. The predicted octanol–water partition coefficient (Wildman–Crippen LogP) is 1.78. The van der Waals surface area contributed by atoms with Gasteiger partial charge in [0.2, 0.25) is 5.91 Å². The van der Waals surface area contributed by atoms with Gasteiger partial charge in [0.1, 0.15) is 11.6 Å². The number of anilines is 1. The lowest BCUT2D eigenvalue weighted by Gasteiger charge is -2.26. The van der Waals surface area contributed by atoms with Crippen molar-refractivity contribution in [1.82, 2.24) is 24.6 Å². The molecule has 2 aromatic heterocycles. The summed E-state index contributed by atoms with van der Waals surface area (Å²) >= 11 is 0. The number of hydrogen-bond donors (Lipinski definition) is 1. The maximum absolute atomic E-state index is 12.3. The minimum absolute atomic E-state index is 0.0210. The predicted molar refractivity (Wildman–Crippen MR) is 89.5 cm³/mol. The lowest BCUT2D eigenvalue weighted by molar-refractivity contribution is -0.127. The SMILES string of the molecule is Cc1c([C@H]2[C@H](Nc3ccnc(C4CC4)n3)CC(=O)N2C)cnn1C. The first kappa shape index (κ1) is 15.1. The van der Waals surface area contributed by atoms with Crippen molar-refractivity contribution in [1.29, 1.82) is 0 Å². The number of aromatic nitrogens is 4. The molecule has 2 aliphatic rings. The average molecular weight is 326 g/mol. The highest BCUT2D eigenvalue weighted by Gasteiger charge is 2.40. The molecule has 0 bridgehead atoms. The molecule has 2 atom stereocenters. The van der Waals surface area contributed by atoms with E-state index >= 15 is 0 Å². The van der Waals surface area contributed by atoms with E-state index in [1.54, 1.807) is 6.20 Å². The third kappa shape index (κ3) is 2.53. The molecule has 4 rings (SSSR count). The van der Waals surface area contributed by atoms with Crippen LogP contribution in [0.2, 0.25) is 0 Å². The number of nitrogens with one attached hydrogen (secondary N) is 1. The second-order valence-corrected chi connectivity index (χ2v) is 6.79. The van der Waals surface area contributed by atoms with E-state index in [0.717, 1.165) is 22.9 Å². The topological polar surface area (TPSA) is 75.9 Å². The van der Waals surface area contributed by atoms with Gasteiger partial charge in [-0.1, -0.05) is 0 Å². The Morgan fingerprint density at radius 2 is 2.08 bits per heavy atom. The van der Waals surface area contributed by atoms with E-state index in [1.807, 2.05) is 42.9 Å². The number of likely N-dealkylation sites (N-methyl/N-ethyl adjacent to an activating group) is 1. The number of carbonyl (C=O) groups is 1. The van der Waals surface area contributed by atoms with E-state index in [1.165, 1.54) is 12.8 Å². The van der Waals surface area contributed by atoms with Crippen LogP contribution in [0.5, 0.6) is 0 Å². The van der Waals surface area contributed by atoms with Gasteiger partial charge in [0.05, 0.1) is 18.3 Å². The van der Waals surface area contributed by atoms with Gasteiger partial charge >= 0.3 is 0 Å². The second-order valence-electron chi connectivity index (χ2n) is 6.79. The van der Waals surface area contributed by atoms with Crippen LogP contribution in [0, 0.1) is 6.92 Å². The summed E-state index contributed by atoms with van der Waals surface area (Å²) in [7, 11) is 3.78. The van der Waals surface area contributed by atoms with E-state index in [4.69, 9.17) is 0 Å². The summed E-state index contributed by atoms with van der Waals surface area (Å²) in [5.41, 5.74) is 2.16. The molecule has 24 heavy (non-hydrogen) atoms.